The molecule has 26 heavy (non-hydrogen) atoms. The fourth-order valence-electron chi connectivity index (χ4n) is 3.53. The van der Waals surface area contributed by atoms with Gasteiger partial charge in [-0.15, -0.1) is 12.4 Å². The molecule has 140 valence electrons. The quantitative estimate of drug-likeness (QED) is 0.847. The summed E-state index contributed by atoms with van der Waals surface area (Å²) in [5.41, 5.74) is 9.96. The number of likely N-dealkylation sites (tertiary alicyclic amines) is 1. The predicted molar refractivity (Wildman–Crippen MR) is 108 cm³/mol. The molecule has 1 aliphatic rings. The molecule has 2 aromatic carbocycles. The zero-order valence-corrected chi connectivity index (χ0v) is 16.2. The van der Waals surface area contributed by atoms with Gasteiger partial charge in [0, 0.05) is 31.6 Å². The maximum atomic E-state index is 12.6. The number of hydrogen-bond donors (Lipinski definition) is 2. The molecule has 1 saturated heterocycles. The smallest absolute Gasteiger partial charge is 0.237 e. The van der Waals surface area contributed by atoms with E-state index in [2.05, 4.69) is 41.4 Å². The number of nitrogens with zero attached hydrogens (tertiary/aromatic N) is 1. The lowest BCUT2D eigenvalue weighted by molar-refractivity contribution is -0.125. The van der Waals surface area contributed by atoms with E-state index < -0.39 is 0 Å². The molecule has 1 heterocycles. The summed E-state index contributed by atoms with van der Waals surface area (Å²) in [6.45, 7) is 6.17. The highest BCUT2D eigenvalue weighted by Crippen LogP contribution is 2.27. The van der Waals surface area contributed by atoms with Gasteiger partial charge in [0.2, 0.25) is 5.91 Å². The monoisotopic (exact) mass is 373 g/mol. The first-order valence-corrected chi connectivity index (χ1v) is 8.93. The van der Waals surface area contributed by atoms with Gasteiger partial charge in [0.15, 0.2) is 0 Å². The Morgan fingerprint density at radius 3 is 2.50 bits per heavy atom. The van der Waals surface area contributed by atoms with E-state index in [1.54, 1.807) is 0 Å². The summed E-state index contributed by atoms with van der Waals surface area (Å²) < 4.78 is 0. The molecule has 0 aliphatic carbocycles. The second-order valence-corrected chi connectivity index (χ2v) is 6.96. The second kappa shape index (κ2) is 9.17. The van der Waals surface area contributed by atoms with Gasteiger partial charge in [-0.25, -0.2) is 0 Å². The Balaban J connectivity index is 0.00000243. The number of amides is 1. The summed E-state index contributed by atoms with van der Waals surface area (Å²) in [6, 6.07) is 18.4. The van der Waals surface area contributed by atoms with E-state index in [9.17, 15) is 4.79 Å². The number of carbonyl (C=O) groups excluding carboxylic acids is 1. The molecule has 0 aromatic heterocycles. The van der Waals surface area contributed by atoms with Gasteiger partial charge in [-0.3, -0.25) is 9.69 Å². The summed E-state index contributed by atoms with van der Waals surface area (Å²) in [5, 5.41) is 3.06. The fourth-order valence-corrected chi connectivity index (χ4v) is 3.53. The van der Waals surface area contributed by atoms with Gasteiger partial charge in [-0.05, 0) is 30.5 Å². The molecule has 0 saturated carbocycles. The Bertz CT molecular complexity index is 722. The zero-order valence-electron chi connectivity index (χ0n) is 15.4. The summed E-state index contributed by atoms with van der Waals surface area (Å²) in [4.78, 5) is 14.8. The molecule has 5 heteroatoms. The topological polar surface area (TPSA) is 58.4 Å². The van der Waals surface area contributed by atoms with Gasteiger partial charge in [0.1, 0.15) is 0 Å². The van der Waals surface area contributed by atoms with Crippen molar-refractivity contribution in [2.75, 3.05) is 13.1 Å². The molecule has 1 unspecified atom stereocenters. The molecule has 3 rings (SSSR count). The van der Waals surface area contributed by atoms with Crippen molar-refractivity contribution in [3.05, 3.63) is 71.3 Å². The lowest BCUT2D eigenvalue weighted by atomic mass is 9.95. The molecule has 1 aliphatic heterocycles. The van der Waals surface area contributed by atoms with Crippen LogP contribution in [0.1, 0.15) is 29.5 Å². The summed E-state index contributed by atoms with van der Waals surface area (Å²) in [7, 11) is 0. The number of aryl methyl sites for hydroxylation is 1. The third kappa shape index (κ3) is 4.64. The lowest BCUT2D eigenvalue weighted by Crippen LogP contribution is -2.44. The molecule has 3 atom stereocenters. The number of hydrogen-bond acceptors (Lipinski definition) is 3. The number of rotatable bonds is 5. The normalized spacial score (nSPS) is 21.0. The van der Waals surface area contributed by atoms with E-state index in [0.717, 1.165) is 18.7 Å². The Labute approximate surface area is 162 Å². The molecular weight excluding hydrogens is 346 g/mol. The molecule has 1 fully saturated rings. The summed E-state index contributed by atoms with van der Waals surface area (Å²) in [6.07, 6.45) is 0. The van der Waals surface area contributed by atoms with Crippen LogP contribution in [0.2, 0.25) is 0 Å². The van der Waals surface area contributed by atoms with Crippen molar-refractivity contribution in [3.8, 4) is 0 Å². The maximum Gasteiger partial charge on any atom is 0.237 e. The van der Waals surface area contributed by atoms with Gasteiger partial charge < -0.3 is 11.1 Å². The molecule has 4 nitrogen and oxygen atoms in total. The average molecular weight is 374 g/mol. The van der Waals surface area contributed by atoms with Gasteiger partial charge in [-0.2, -0.15) is 0 Å². The average Bonchev–Trinajstić information content (AvgIpc) is 3.02. The molecule has 0 bridgehead atoms. The van der Waals surface area contributed by atoms with E-state index in [-0.39, 0.29) is 36.3 Å². The largest absolute Gasteiger partial charge is 0.351 e. The highest BCUT2D eigenvalue weighted by atomic mass is 35.5. The Kier molecular flexibility index (Phi) is 7.21. The molecule has 0 radical (unpaired) electrons. The van der Waals surface area contributed by atoms with Crippen LogP contribution in [-0.4, -0.2) is 36.0 Å². The Morgan fingerprint density at radius 2 is 1.81 bits per heavy atom. The number of nitrogens with two attached hydrogens (primary N) is 1. The second-order valence-electron chi connectivity index (χ2n) is 6.96. The third-order valence-corrected chi connectivity index (χ3v) is 5.26. The fraction of sp³-hybridized carbons (Fsp3) is 0.381. The van der Waals surface area contributed by atoms with Gasteiger partial charge in [-0.1, -0.05) is 54.6 Å². The van der Waals surface area contributed by atoms with Crippen molar-refractivity contribution >= 4 is 18.3 Å². The van der Waals surface area contributed by atoms with Crippen LogP contribution >= 0.6 is 12.4 Å². The van der Waals surface area contributed by atoms with E-state index in [0.29, 0.717) is 6.54 Å². The molecule has 0 spiro atoms. The highest BCUT2D eigenvalue weighted by Gasteiger charge is 2.35. The number of carbonyl (C=O) groups is 1. The summed E-state index contributed by atoms with van der Waals surface area (Å²) in [5.74, 6) is 0.344. The van der Waals surface area contributed by atoms with Crippen LogP contribution in [0.5, 0.6) is 0 Å². The van der Waals surface area contributed by atoms with Gasteiger partial charge in [0.05, 0.1) is 6.04 Å². The number of halogens is 1. The van der Waals surface area contributed by atoms with Crippen LogP contribution < -0.4 is 11.1 Å². The van der Waals surface area contributed by atoms with Crippen LogP contribution in [0.15, 0.2) is 54.6 Å². The predicted octanol–water partition coefficient (Wildman–Crippen LogP) is 2.85. The Hall–Kier alpha value is -1.88. The Morgan fingerprint density at radius 1 is 1.15 bits per heavy atom. The van der Waals surface area contributed by atoms with Crippen LogP contribution in [0.25, 0.3) is 0 Å². The zero-order chi connectivity index (χ0) is 17.8. The van der Waals surface area contributed by atoms with E-state index >= 15 is 0 Å². The molecule has 3 N–H and O–H groups in total. The van der Waals surface area contributed by atoms with Crippen LogP contribution in [0.4, 0.5) is 0 Å². The highest BCUT2D eigenvalue weighted by molar-refractivity contribution is 5.85. The minimum atomic E-state index is -0.177. The first-order chi connectivity index (χ1) is 12.1. The van der Waals surface area contributed by atoms with Crippen LogP contribution in [0, 0.1) is 6.92 Å². The van der Waals surface area contributed by atoms with Crippen LogP contribution in [-0.2, 0) is 11.3 Å². The van der Waals surface area contributed by atoms with Crippen LogP contribution in [0.3, 0.4) is 0 Å². The van der Waals surface area contributed by atoms with E-state index in [1.165, 1.54) is 11.1 Å². The van der Waals surface area contributed by atoms with Crippen molar-refractivity contribution in [2.45, 2.75) is 38.4 Å². The summed E-state index contributed by atoms with van der Waals surface area (Å²) >= 11 is 0. The molecule has 2 aromatic rings. The lowest BCUT2D eigenvalue weighted by Gasteiger charge is -2.23. The van der Waals surface area contributed by atoms with Gasteiger partial charge >= 0.3 is 0 Å². The van der Waals surface area contributed by atoms with Crippen molar-refractivity contribution in [2.24, 2.45) is 5.73 Å². The minimum Gasteiger partial charge on any atom is -0.351 e. The minimum absolute atomic E-state index is 0. The van der Waals surface area contributed by atoms with Crippen molar-refractivity contribution in [3.63, 3.8) is 0 Å². The van der Waals surface area contributed by atoms with Crippen molar-refractivity contribution in [1.82, 2.24) is 10.2 Å². The van der Waals surface area contributed by atoms with Crippen molar-refractivity contribution < 1.29 is 4.79 Å². The maximum absolute atomic E-state index is 12.6. The SMILES string of the molecule is Cc1ccccc1CNC(=O)C(C)N1C[C@@H](N)[C@H](c2ccccc2)C1.Cl. The van der Waals surface area contributed by atoms with E-state index in [1.807, 2.05) is 37.3 Å². The van der Waals surface area contributed by atoms with Gasteiger partial charge in [0.25, 0.3) is 0 Å². The first kappa shape index (κ1) is 20.4. The third-order valence-electron chi connectivity index (χ3n) is 5.26. The first-order valence-electron chi connectivity index (χ1n) is 8.93. The number of benzene rings is 2. The molecule has 1 amide bonds. The number of nitrogens with one attached hydrogen (secondary N) is 1. The molecular formula is C21H28ClN3O. The van der Waals surface area contributed by atoms with Crippen molar-refractivity contribution in [1.29, 1.82) is 0 Å². The van der Waals surface area contributed by atoms with E-state index in [4.69, 9.17) is 5.73 Å². The standard InChI is InChI=1S/C21H27N3O.ClH/c1-15-8-6-7-11-18(15)12-23-21(25)16(2)24-13-19(20(22)14-24)17-9-4-3-5-10-17;/h3-11,16,19-20H,12-14,22H2,1-2H3,(H,23,25);1H/t16?,19-,20+;/m0./s1.